The van der Waals surface area contributed by atoms with Crippen LogP contribution in [0, 0.1) is 0 Å². The fourth-order valence-electron chi connectivity index (χ4n) is 2.03. The SMILES string of the molecule is CSCC(C)N(C)c1nc(NN)nc(N2CCOCC2)n1. The summed E-state index contributed by atoms with van der Waals surface area (Å²) < 4.78 is 5.36. The Kier molecular flexibility index (Phi) is 5.83. The molecular formula is C12H23N7OS. The van der Waals surface area contributed by atoms with Gasteiger partial charge in [0.15, 0.2) is 0 Å². The van der Waals surface area contributed by atoms with Gasteiger partial charge in [0.2, 0.25) is 17.8 Å². The average molecular weight is 313 g/mol. The Bertz CT molecular complexity index is 455. The first kappa shape index (κ1) is 16.1. The first-order valence-corrected chi connectivity index (χ1v) is 8.32. The van der Waals surface area contributed by atoms with E-state index in [-0.39, 0.29) is 0 Å². The van der Waals surface area contributed by atoms with Crippen molar-refractivity contribution in [3.05, 3.63) is 0 Å². The molecule has 0 radical (unpaired) electrons. The van der Waals surface area contributed by atoms with Gasteiger partial charge < -0.3 is 14.5 Å². The third-order valence-corrected chi connectivity index (χ3v) is 4.24. The first-order valence-electron chi connectivity index (χ1n) is 6.93. The van der Waals surface area contributed by atoms with Crippen molar-refractivity contribution in [2.45, 2.75) is 13.0 Å². The molecule has 1 atom stereocenters. The molecule has 2 rings (SSSR count). The Morgan fingerprint density at radius 3 is 2.71 bits per heavy atom. The number of hydrogen-bond donors (Lipinski definition) is 2. The molecule has 21 heavy (non-hydrogen) atoms. The highest BCUT2D eigenvalue weighted by atomic mass is 32.2. The number of ether oxygens (including phenoxy) is 1. The Balaban J connectivity index is 2.24. The second-order valence-corrected chi connectivity index (χ2v) is 5.83. The van der Waals surface area contributed by atoms with E-state index in [2.05, 4.69) is 38.5 Å². The Hall–Kier alpha value is -1.32. The van der Waals surface area contributed by atoms with Crippen LogP contribution in [-0.4, -0.2) is 66.4 Å². The molecule has 1 saturated heterocycles. The van der Waals surface area contributed by atoms with Crippen LogP contribution in [0.5, 0.6) is 0 Å². The Morgan fingerprint density at radius 2 is 2.10 bits per heavy atom. The molecule has 1 unspecified atom stereocenters. The lowest BCUT2D eigenvalue weighted by atomic mass is 10.3. The molecule has 0 saturated carbocycles. The van der Waals surface area contributed by atoms with Crippen LogP contribution in [-0.2, 0) is 4.74 Å². The van der Waals surface area contributed by atoms with Gasteiger partial charge in [0.05, 0.1) is 13.2 Å². The normalized spacial score (nSPS) is 16.7. The van der Waals surface area contributed by atoms with Crippen LogP contribution in [0.2, 0.25) is 0 Å². The molecule has 8 nitrogen and oxygen atoms in total. The number of morpholine rings is 1. The summed E-state index contributed by atoms with van der Waals surface area (Å²) in [5.41, 5.74) is 2.52. The number of rotatable bonds is 6. The van der Waals surface area contributed by atoms with Gasteiger partial charge in [0, 0.05) is 31.9 Å². The maximum Gasteiger partial charge on any atom is 0.243 e. The van der Waals surface area contributed by atoms with E-state index >= 15 is 0 Å². The molecular weight excluding hydrogens is 290 g/mol. The molecule has 1 aliphatic heterocycles. The number of nitrogens with one attached hydrogen (secondary N) is 1. The van der Waals surface area contributed by atoms with Gasteiger partial charge in [0.25, 0.3) is 0 Å². The topological polar surface area (TPSA) is 92.4 Å². The van der Waals surface area contributed by atoms with Crippen LogP contribution in [0.1, 0.15) is 6.92 Å². The van der Waals surface area contributed by atoms with Crippen LogP contribution >= 0.6 is 11.8 Å². The minimum absolute atomic E-state index is 0.325. The highest BCUT2D eigenvalue weighted by molar-refractivity contribution is 7.98. The van der Waals surface area contributed by atoms with Crippen LogP contribution in [0.3, 0.4) is 0 Å². The second-order valence-electron chi connectivity index (χ2n) is 4.92. The molecule has 0 aliphatic carbocycles. The Labute approximate surface area is 129 Å². The molecule has 1 fully saturated rings. The number of aromatic nitrogens is 3. The van der Waals surface area contributed by atoms with Crippen molar-refractivity contribution in [1.82, 2.24) is 15.0 Å². The molecule has 0 spiro atoms. The predicted molar refractivity (Wildman–Crippen MR) is 86.9 cm³/mol. The van der Waals surface area contributed by atoms with E-state index in [0.29, 0.717) is 37.1 Å². The molecule has 118 valence electrons. The van der Waals surface area contributed by atoms with E-state index in [4.69, 9.17) is 10.6 Å². The van der Waals surface area contributed by atoms with E-state index in [9.17, 15) is 0 Å². The molecule has 0 bridgehead atoms. The lowest BCUT2D eigenvalue weighted by molar-refractivity contribution is 0.122. The fraction of sp³-hybridized carbons (Fsp3) is 0.750. The van der Waals surface area contributed by atoms with Crippen LogP contribution in [0.4, 0.5) is 17.8 Å². The molecule has 9 heteroatoms. The summed E-state index contributed by atoms with van der Waals surface area (Å²) >= 11 is 1.79. The minimum atomic E-state index is 0.325. The van der Waals surface area contributed by atoms with Crippen LogP contribution in [0.25, 0.3) is 0 Å². The lowest BCUT2D eigenvalue weighted by Gasteiger charge is -2.29. The molecule has 1 aromatic rings. The molecule has 0 amide bonds. The van der Waals surface area contributed by atoms with E-state index in [0.717, 1.165) is 18.8 Å². The van der Waals surface area contributed by atoms with E-state index < -0.39 is 0 Å². The largest absolute Gasteiger partial charge is 0.378 e. The first-order chi connectivity index (χ1) is 10.2. The molecule has 1 aliphatic rings. The number of nitrogen functional groups attached to an aromatic ring is 1. The molecule has 1 aromatic heterocycles. The van der Waals surface area contributed by atoms with Crippen molar-refractivity contribution in [1.29, 1.82) is 0 Å². The summed E-state index contributed by atoms with van der Waals surface area (Å²) in [5, 5.41) is 0. The number of hydrogen-bond acceptors (Lipinski definition) is 9. The Morgan fingerprint density at radius 1 is 1.38 bits per heavy atom. The summed E-state index contributed by atoms with van der Waals surface area (Å²) in [6, 6.07) is 0.325. The predicted octanol–water partition coefficient (Wildman–Crippen LogP) is 0.182. The summed E-state index contributed by atoms with van der Waals surface area (Å²) in [7, 11) is 1.99. The number of nitrogens with two attached hydrogens (primary N) is 1. The van der Waals surface area contributed by atoms with E-state index in [1.54, 1.807) is 11.8 Å². The van der Waals surface area contributed by atoms with Gasteiger partial charge in [-0.25, -0.2) is 5.84 Å². The van der Waals surface area contributed by atoms with Gasteiger partial charge in [-0.15, -0.1) is 0 Å². The highest BCUT2D eigenvalue weighted by Crippen LogP contribution is 2.18. The van der Waals surface area contributed by atoms with E-state index in [1.807, 2.05) is 11.9 Å². The quantitative estimate of drug-likeness (QED) is 0.563. The third-order valence-electron chi connectivity index (χ3n) is 3.42. The number of nitrogens with zero attached hydrogens (tertiary/aromatic N) is 5. The van der Waals surface area contributed by atoms with Gasteiger partial charge in [-0.2, -0.15) is 26.7 Å². The molecule has 0 aromatic carbocycles. The second kappa shape index (κ2) is 7.62. The van der Waals surface area contributed by atoms with Gasteiger partial charge in [0.1, 0.15) is 0 Å². The zero-order valence-electron chi connectivity index (χ0n) is 12.7. The summed E-state index contributed by atoms with van der Waals surface area (Å²) in [6.45, 7) is 5.07. The monoisotopic (exact) mass is 313 g/mol. The van der Waals surface area contributed by atoms with Gasteiger partial charge in [-0.3, -0.25) is 5.43 Å². The summed E-state index contributed by atoms with van der Waals surface area (Å²) in [5.74, 6) is 8.13. The maximum absolute atomic E-state index is 5.48. The van der Waals surface area contributed by atoms with Crippen molar-refractivity contribution in [3.8, 4) is 0 Å². The van der Waals surface area contributed by atoms with Crippen molar-refractivity contribution in [2.75, 3.05) is 60.6 Å². The minimum Gasteiger partial charge on any atom is -0.378 e. The average Bonchev–Trinajstić information content (AvgIpc) is 2.54. The number of anilines is 3. The van der Waals surface area contributed by atoms with Gasteiger partial charge >= 0.3 is 0 Å². The molecule has 2 heterocycles. The van der Waals surface area contributed by atoms with Gasteiger partial charge in [-0.1, -0.05) is 0 Å². The van der Waals surface area contributed by atoms with Crippen molar-refractivity contribution >= 4 is 29.6 Å². The zero-order valence-corrected chi connectivity index (χ0v) is 13.6. The van der Waals surface area contributed by atoms with E-state index in [1.165, 1.54) is 0 Å². The van der Waals surface area contributed by atoms with Crippen molar-refractivity contribution in [2.24, 2.45) is 5.84 Å². The van der Waals surface area contributed by atoms with Gasteiger partial charge in [-0.05, 0) is 13.2 Å². The fourth-order valence-corrected chi connectivity index (χ4v) is 2.74. The van der Waals surface area contributed by atoms with Crippen LogP contribution < -0.4 is 21.1 Å². The summed E-state index contributed by atoms with van der Waals surface area (Å²) in [6.07, 6.45) is 2.09. The highest BCUT2D eigenvalue weighted by Gasteiger charge is 2.19. The molecule has 3 N–H and O–H groups in total. The third kappa shape index (κ3) is 4.08. The summed E-state index contributed by atoms with van der Waals surface area (Å²) in [4.78, 5) is 17.4. The zero-order chi connectivity index (χ0) is 15.2. The van der Waals surface area contributed by atoms with Crippen LogP contribution in [0.15, 0.2) is 0 Å². The van der Waals surface area contributed by atoms with Crippen molar-refractivity contribution < 1.29 is 4.74 Å². The number of thioether (sulfide) groups is 1. The number of hydrazine groups is 1. The lowest BCUT2D eigenvalue weighted by Crippen LogP contribution is -2.38. The van der Waals surface area contributed by atoms with Crippen molar-refractivity contribution in [3.63, 3.8) is 0 Å². The standard InChI is InChI=1S/C12H23N7OS/c1-9(8-21-3)18(2)11-14-10(17-13)15-12(16-11)19-4-6-20-7-5-19/h9H,4-8,13H2,1-3H3,(H,14,15,16,17). The smallest absolute Gasteiger partial charge is 0.243 e. The maximum atomic E-state index is 5.48.